The number of nitrogens with zero attached hydrogens (tertiary/aromatic N) is 2. The largest absolute Gasteiger partial charge is 0.302 e. The lowest BCUT2D eigenvalue weighted by molar-refractivity contribution is -0.116. The smallest absolute Gasteiger partial charge is 0.261 e. The second-order valence-corrected chi connectivity index (χ2v) is 11.1. The highest BCUT2D eigenvalue weighted by Gasteiger charge is 2.32. The van der Waals surface area contributed by atoms with Gasteiger partial charge in [-0.15, -0.1) is 0 Å². The molecule has 0 fully saturated rings. The van der Waals surface area contributed by atoms with E-state index in [1.54, 1.807) is 30.3 Å². The third-order valence-corrected chi connectivity index (χ3v) is 7.72. The molecule has 2 heterocycles. The SMILES string of the molecule is CS(=O)(=O)c1ccc2nc(NC(=O)CCCN3C(=O)c4cccc5cccc(c45)C3=O)sc2c1. The van der Waals surface area contributed by atoms with Crippen LogP contribution in [0.5, 0.6) is 0 Å². The maximum absolute atomic E-state index is 12.9. The Kier molecular flexibility index (Phi) is 5.41. The highest BCUT2D eigenvalue weighted by Crippen LogP contribution is 2.31. The first-order chi connectivity index (χ1) is 16.2. The zero-order valence-corrected chi connectivity index (χ0v) is 19.7. The van der Waals surface area contributed by atoms with Gasteiger partial charge >= 0.3 is 0 Å². The van der Waals surface area contributed by atoms with Crippen LogP contribution in [0.1, 0.15) is 33.6 Å². The van der Waals surface area contributed by atoms with Crippen molar-refractivity contribution in [2.75, 3.05) is 18.1 Å². The van der Waals surface area contributed by atoms with Crippen LogP contribution in [0.4, 0.5) is 5.13 Å². The molecule has 0 spiro atoms. The van der Waals surface area contributed by atoms with E-state index in [0.717, 1.165) is 11.6 Å². The van der Waals surface area contributed by atoms with Crippen LogP contribution in [0.2, 0.25) is 0 Å². The summed E-state index contributed by atoms with van der Waals surface area (Å²) in [5, 5.41) is 4.58. The van der Waals surface area contributed by atoms with Crippen molar-refractivity contribution >= 4 is 65.0 Å². The number of nitrogens with one attached hydrogen (secondary N) is 1. The topological polar surface area (TPSA) is 114 Å². The van der Waals surface area contributed by atoms with E-state index in [4.69, 9.17) is 0 Å². The second-order valence-electron chi connectivity index (χ2n) is 8.04. The van der Waals surface area contributed by atoms with Crippen LogP contribution < -0.4 is 5.32 Å². The first kappa shape index (κ1) is 22.2. The Bertz CT molecular complexity index is 1560. The van der Waals surface area contributed by atoms with Crippen molar-refractivity contribution < 1.29 is 22.8 Å². The van der Waals surface area contributed by atoms with Crippen molar-refractivity contribution in [2.45, 2.75) is 17.7 Å². The molecule has 1 aliphatic heterocycles. The molecule has 0 atom stereocenters. The number of imide groups is 1. The summed E-state index contributed by atoms with van der Waals surface area (Å²) >= 11 is 1.18. The van der Waals surface area contributed by atoms with E-state index in [0.29, 0.717) is 38.3 Å². The summed E-state index contributed by atoms with van der Waals surface area (Å²) < 4.78 is 24.1. The summed E-state index contributed by atoms with van der Waals surface area (Å²) in [4.78, 5) is 44.0. The van der Waals surface area contributed by atoms with Gasteiger partial charge in [0.2, 0.25) is 5.91 Å². The first-order valence-electron chi connectivity index (χ1n) is 10.5. The van der Waals surface area contributed by atoms with E-state index < -0.39 is 9.84 Å². The van der Waals surface area contributed by atoms with Crippen LogP contribution >= 0.6 is 11.3 Å². The van der Waals surface area contributed by atoms with E-state index in [2.05, 4.69) is 10.3 Å². The summed E-state index contributed by atoms with van der Waals surface area (Å²) in [6, 6.07) is 15.3. The normalized spacial score (nSPS) is 13.6. The number of thiazole rings is 1. The Balaban J connectivity index is 1.24. The molecule has 0 saturated carbocycles. The third-order valence-electron chi connectivity index (χ3n) is 5.68. The molecule has 172 valence electrons. The fourth-order valence-electron chi connectivity index (χ4n) is 4.05. The lowest BCUT2D eigenvalue weighted by atomic mass is 9.94. The average Bonchev–Trinajstić information content (AvgIpc) is 3.20. The number of fused-ring (bicyclic) bond motifs is 1. The van der Waals surface area contributed by atoms with Crippen LogP contribution in [0.3, 0.4) is 0 Å². The fourth-order valence-corrected chi connectivity index (χ4v) is 5.70. The lowest BCUT2D eigenvalue weighted by Crippen LogP contribution is -2.41. The van der Waals surface area contributed by atoms with Gasteiger partial charge in [-0.25, -0.2) is 13.4 Å². The zero-order valence-electron chi connectivity index (χ0n) is 18.1. The predicted octanol–water partition coefficient (Wildman–Crippen LogP) is 3.87. The molecule has 1 aliphatic rings. The van der Waals surface area contributed by atoms with Crippen LogP contribution in [0, 0.1) is 0 Å². The number of anilines is 1. The van der Waals surface area contributed by atoms with Gasteiger partial charge in [-0.3, -0.25) is 19.3 Å². The van der Waals surface area contributed by atoms with Crippen molar-refractivity contribution in [1.29, 1.82) is 0 Å². The number of benzene rings is 3. The molecule has 1 aromatic heterocycles. The number of carbonyl (C=O) groups excluding carboxylic acids is 3. The minimum atomic E-state index is -3.34. The van der Waals surface area contributed by atoms with Gasteiger partial charge in [0.15, 0.2) is 15.0 Å². The molecular formula is C24H19N3O5S2. The maximum atomic E-state index is 12.9. The van der Waals surface area contributed by atoms with Gasteiger partial charge in [0, 0.05) is 35.7 Å². The Labute approximate surface area is 199 Å². The number of amides is 3. The number of hydrogen-bond acceptors (Lipinski definition) is 7. The monoisotopic (exact) mass is 493 g/mol. The first-order valence-corrected chi connectivity index (χ1v) is 13.2. The molecule has 4 aromatic rings. The summed E-state index contributed by atoms with van der Waals surface area (Å²) in [5.41, 5.74) is 1.56. The number of rotatable bonds is 6. The quantitative estimate of drug-likeness (QED) is 0.408. The Hall–Kier alpha value is -3.63. The number of sulfone groups is 1. The van der Waals surface area contributed by atoms with Crippen LogP contribution in [0.15, 0.2) is 59.5 Å². The number of carbonyl (C=O) groups is 3. The minimum absolute atomic E-state index is 0.0907. The lowest BCUT2D eigenvalue weighted by Gasteiger charge is -2.27. The molecule has 8 nitrogen and oxygen atoms in total. The predicted molar refractivity (Wildman–Crippen MR) is 130 cm³/mol. The number of hydrogen-bond donors (Lipinski definition) is 1. The molecule has 0 saturated heterocycles. The van der Waals surface area contributed by atoms with Gasteiger partial charge < -0.3 is 5.32 Å². The van der Waals surface area contributed by atoms with Crippen molar-refractivity contribution in [3.05, 3.63) is 65.7 Å². The molecule has 34 heavy (non-hydrogen) atoms. The van der Waals surface area contributed by atoms with Crippen molar-refractivity contribution in [3.63, 3.8) is 0 Å². The molecule has 0 unspecified atom stereocenters. The summed E-state index contributed by atoms with van der Waals surface area (Å²) in [6.07, 6.45) is 1.52. The van der Waals surface area contributed by atoms with Gasteiger partial charge in [-0.1, -0.05) is 35.6 Å². The molecule has 0 radical (unpaired) electrons. The zero-order chi connectivity index (χ0) is 24.0. The molecule has 3 amide bonds. The fraction of sp³-hybridized carbons (Fsp3) is 0.167. The third kappa shape index (κ3) is 3.95. The Morgan fingerprint density at radius 1 is 1.03 bits per heavy atom. The molecule has 3 aromatic carbocycles. The molecule has 1 N–H and O–H groups in total. The summed E-state index contributed by atoms with van der Waals surface area (Å²) in [6.45, 7) is 0.118. The van der Waals surface area contributed by atoms with Crippen molar-refractivity contribution in [2.24, 2.45) is 0 Å². The van der Waals surface area contributed by atoms with E-state index in [-0.39, 0.29) is 35.6 Å². The minimum Gasteiger partial charge on any atom is -0.302 e. The van der Waals surface area contributed by atoms with E-state index in [1.165, 1.54) is 28.4 Å². The molecule has 0 bridgehead atoms. The summed E-state index contributed by atoms with van der Waals surface area (Å²) in [7, 11) is -3.34. The highest BCUT2D eigenvalue weighted by atomic mass is 32.2. The van der Waals surface area contributed by atoms with Gasteiger partial charge in [-0.05, 0) is 42.1 Å². The van der Waals surface area contributed by atoms with Gasteiger partial charge in [-0.2, -0.15) is 0 Å². The van der Waals surface area contributed by atoms with Crippen LogP contribution in [0.25, 0.3) is 21.0 Å². The average molecular weight is 494 g/mol. The highest BCUT2D eigenvalue weighted by molar-refractivity contribution is 7.90. The van der Waals surface area contributed by atoms with Gasteiger partial charge in [0.05, 0.1) is 15.1 Å². The Morgan fingerprint density at radius 3 is 2.35 bits per heavy atom. The molecule has 10 heteroatoms. The van der Waals surface area contributed by atoms with Crippen LogP contribution in [-0.4, -0.2) is 48.8 Å². The van der Waals surface area contributed by atoms with Gasteiger partial charge in [0.1, 0.15) is 0 Å². The van der Waals surface area contributed by atoms with Gasteiger partial charge in [0.25, 0.3) is 11.8 Å². The number of aromatic nitrogens is 1. The Morgan fingerprint density at radius 2 is 1.71 bits per heavy atom. The molecule has 5 rings (SSSR count). The van der Waals surface area contributed by atoms with Crippen molar-refractivity contribution in [3.8, 4) is 0 Å². The van der Waals surface area contributed by atoms with E-state index in [9.17, 15) is 22.8 Å². The molecular weight excluding hydrogens is 474 g/mol. The summed E-state index contributed by atoms with van der Waals surface area (Å²) in [5.74, 6) is -1.02. The maximum Gasteiger partial charge on any atom is 0.261 e. The standard InChI is InChI=1S/C24H19N3O5S2/c1-34(31,32)15-10-11-18-19(13-15)33-24(25-18)26-20(28)9-4-12-27-22(29)16-7-2-5-14-6-3-8-17(21(14)16)23(27)30/h2-3,5-8,10-11,13H,4,9,12H2,1H3,(H,25,26,28). The van der Waals surface area contributed by atoms with Crippen molar-refractivity contribution in [1.82, 2.24) is 9.88 Å². The second kappa shape index (κ2) is 8.30. The van der Waals surface area contributed by atoms with Crippen LogP contribution in [-0.2, 0) is 14.6 Å². The van der Waals surface area contributed by atoms with E-state index >= 15 is 0 Å². The molecule has 0 aliphatic carbocycles. The van der Waals surface area contributed by atoms with E-state index in [1.807, 2.05) is 12.1 Å².